The highest BCUT2D eigenvalue weighted by Gasteiger charge is 2.15. The summed E-state index contributed by atoms with van der Waals surface area (Å²) in [5.74, 6) is 0.563. The van der Waals surface area contributed by atoms with E-state index in [9.17, 15) is 4.79 Å². The molecule has 0 bridgehead atoms. The fraction of sp³-hybridized carbons (Fsp3) is 0.368. The first kappa shape index (κ1) is 18.2. The average Bonchev–Trinajstić information content (AvgIpc) is 3.10. The molecule has 146 valence electrons. The molecule has 28 heavy (non-hydrogen) atoms. The summed E-state index contributed by atoms with van der Waals surface area (Å²) >= 11 is 0. The predicted molar refractivity (Wildman–Crippen MR) is 108 cm³/mol. The molecule has 1 amide bonds. The van der Waals surface area contributed by atoms with E-state index >= 15 is 0 Å². The molecule has 0 saturated carbocycles. The average molecular weight is 381 g/mol. The third-order valence-corrected chi connectivity index (χ3v) is 4.78. The standard InChI is InChI=1S/C19H23N7O2/c1-24(18-16-11-22-25(2)19(16)21-13-20-18)12-17(27)23-14-3-5-15(6-4-14)26-7-9-28-10-8-26/h3-6,11,13H,7-10,12H2,1-2H3,(H,23,27). The molecule has 3 heterocycles. The van der Waals surface area contributed by atoms with Gasteiger partial charge >= 0.3 is 0 Å². The summed E-state index contributed by atoms with van der Waals surface area (Å²) in [6.07, 6.45) is 3.20. The van der Waals surface area contributed by atoms with Crippen LogP contribution in [0.15, 0.2) is 36.8 Å². The van der Waals surface area contributed by atoms with Crippen molar-refractivity contribution < 1.29 is 9.53 Å². The fourth-order valence-electron chi connectivity index (χ4n) is 3.32. The zero-order valence-electron chi connectivity index (χ0n) is 16.0. The molecule has 1 N–H and O–H groups in total. The molecule has 0 unspecified atom stereocenters. The number of aromatic nitrogens is 4. The number of amides is 1. The number of likely N-dealkylation sites (N-methyl/N-ethyl adjacent to an activating group) is 1. The van der Waals surface area contributed by atoms with Gasteiger partial charge in [0.25, 0.3) is 0 Å². The lowest BCUT2D eigenvalue weighted by Crippen LogP contribution is -2.36. The van der Waals surface area contributed by atoms with Gasteiger partial charge in [-0.1, -0.05) is 0 Å². The zero-order valence-corrected chi connectivity index (χ0v) is 16.0. The van der Waals surface area contributed by atoms with Gasteiger partial charge in [0.05, 0.1) is 31.3 Å². The van der Waals surface area contributed by atoms with Gasteiger partial charge in [-0.3, -0.25) is 9.48 Å². The third kappa shape index (κ3) is 3.74. The zero-order chi connectivity index (χ0) is 19.5. The van der Waals surface area contributed by atoms with Crippen molar-refractivity contribution in [1.29, 1.82) is 0 Å². The highest BCUT2D eigenvalue weighted by molar-refractivity contribution is 5.96. The Morgan fingerprint density at radius 1 is 1.21 bits per heavy atom. The number of ether oxygens (including phenoxy) is 1. The van der Waals surface area contributed by atoms with Crippen LogP contribution in [-0.4, -0.2) is 65.6 Å². The summed E-state index contributed by atoms with van der Waals surface area (Å²) < 4.78 is 7.07. The fourth-order valence-corrected chi connectivity index (χ4v) is 3.32. The van der Waals surface area contributed by atoms with E-state index in [1.165, 1.54) is 6.33 Å². The van der Waals surface area contributed by atoms with Gasteiger partial charge in [0.15, 0.2) is 5.65 Å². The number of carbonyl (C=O) groups excluding carboxylic acids is 1. The Kier molecular flexibility index (Phi) is 5.07. The number of hydrogen-bond acceptors (Lipinski definition) is 7. The highest BCUT2D eigenvalue weighted by Crippen LogP contribution is 2.21. The predicted octanol–water partition coefficient (Wildman–Crippen LogP) is 1.27. The molecule has 9 nitrogen and oxygen atoms in total. The van der Waals surface area contributed by atoms with Crippen molar-refractivity contribution in [2.45, 2.75) is 0 Å². The molecule has 0 atom stereocenters. The van der Waals surface area contributed by atoms with Gasteiger partial charge in [0.2, 0.25) is 5.91 Å². The quantitative estimate of drug-likeness (QED) is 0.712. The number of benzene rings is 1. The molecule has 1 saturated heterocycles. The highest BCUT2D eigenvalue weighted by atomic mass is 16.5. The SMILES string of the molecule is CN(CC(=O)Nc1ccc(N2CCOCC2)cc1)c1ncnc2c1cnn2C. The van der Waals surface area contributed by atoms with Crippen molar-refractivity contribution in [2.24, 2.45) is 7.05 Å². The number of rotatable bonds is 5. The van der Waals surface area contributed by atoms with Crippen LogP contribution < -0.4 is 15.1 Å². The van der Waals surface area contributed by atoms with Crippen molar-refractivity contribution in [3.8, 4) is 0 Å². The largest absolute Gasteiger partial charge is 0.378 e. The number of morpholine rings is 1. The van der Waals surface area contributed by atoms with E-state index in [-0.39, 0.29) is 12.5 Å². The number of nitrogens with one attached hydrogen (secondary N) is 1. The molecule has 4 rings (SSSR count). The monoisotopic (exact) mass is 381 g/mol. The second-order valence-electron chi connectivity index (χ2n) is 6.75. The molecule has 0 aliphatic carbocycles. The Labute approximate surface area is 162 Å². The number of aryl methyl sites for hydroxylation is 1. The number of anilines is 3. The van der Waals surface area contributed by atoms with Crippen molar-refractivity contribution >= 4 is 34.1 Å². The minimum absolute atomic E-state index is 0.114. The maximum absolute atomic E-state index is 12.5. The molecule has 1 aliphatic heterocycles. The molecule has 9 heteroatoms. The van der Waals surface area contributed by atoms with Crippen molar-refractivity contribution in [1.82, 2.24) is 19.7 Å². The summed E-state index contributed by atoms with van der Waals surface area (Å²) in [6, 6.07) is 7.89. The maximum atomic E-state index is 12.5. The van der Waals surface area contributed by atoms with Crippen LogP contribution in [0.3, 0.4) is 0 Å². The number of carbonyl (C=O) groups is 1. The Morgan fingerprint density at radius 3 is 2.71 bits per heavy atom. The first-order chi connectivity index (χ1) is 13.6. The van der Waals surface area contributed by atoms with Crippen LogP contribution >= 0.6 is 0 Å². The third-order valence-electron chi connectivity index (χ3n) is 4.78. The summed E-state index contributed by atoms with van der Waals surface area (Å²) in [7, 11) is 3.66. The van der Waals surface area contributed by atoms with Crippen LogP contribution in [-0.2, 0) is 16.6 Å². The van der Waals surface area contributed by atoms with Crippen molar-refractivity contribution in [2.75, 3.05) is 55.0 Å². The van der Waals surface area contributed by atoms with Crippen LogP contribution in [0.1, 0.15) is 0 Å². The van der Waals surface area contributed by atoms with E-state index in [2.05, 4.69) is 25.3 Å². The molecular weight excluding hydrogens is 358 g/mol. The van der Waals surface area contributed by atoms with Crippen LogP contribution in [0.5, 0.6) is 0 Å². The first-order valence-electron chi connectivity index (χ1n) is 9.18. The van der Waals surface area contributed by atoms with Crippen LogP contribution in [0.4, 0.5) is 17.2 Å². The van der Waals surface area contributed by atoms with Gasteiger partial charge in [-0.25, -0.2) is 9.97 Å². The minimum atomic E-state index is -0.114. The van der Waals surface area contributed by atoms with E-state index < -0.39 is 0 Å². The van der Waals surface area contributed by atoms with E-state index in [1.807, 2.05) is 38.4 Å². The van der Waals surface area contributed by atoms with E-state index in [0.29, 0.717) is 5.82 Å². The topological polar surface area (TPSA) is 88.4 Å². The summed E-state index contributed by atoms with van der Waals surface area (Å²) in [4.78, 5) is 25.1. The molecule has 1 aromatic carbocycles. The first-order valence-corrected chi connectivity index (χ1v) is 9.18. The van der Waals surface area contributed by atoms with Crippen molar-refractivity contribution in [3.63, 3.8) is 0 Å². The van der Waals surface area contributed by atoms with Gasteiger partial charge in [-0.15, -0.1) is 0 Å². The van der Waals surface area contributed by atoms with E-state index in [1.54, 1.807) is 15.8 Å². The smallest absolute Gasteiger partial charge is 0.243 e. The van der Waals surface area contributed by atoms with Crippen LogP contribution in [0.25, 0.3) is 11.0 Å². The van der Waals surface area contributed by atoms with E-state index in [0.717, 1.165) is 48.7 Å². The number of fused-ring (bicyclic) bond motifs is 1. The minimum Gasteiger partial charge on any atom is -0.378 e. The Hall–Kier alpha value is -3.20. The molecule has 1 fully saturated rings. The lowest BCUT2D eigenvalue weighted by atomic mass is 10.2. The molecule has 2 aromatic heterocycles. The van der Waals surface area contributed by atoms with Gasteiger partial charge in [-0.05, 0) is 24.3 Å². The molecule has 0 radical (unpaired) electrons. The lowest BCUT2D eigenvalue weighted by Gasteiger charge is -2.28. The normalized spacial score (nSPS) is 14.3. The second kappa shape index (κ2) is 7.81. The molecule has 1 aliphatic rings. The Balaban J connectivity index is 1.39. The van der Waals surface area contributed by atoms with Gasteiger partial charge in [0.1, 0.15) is 12.1 Å². The summed E-state index contributed by atoms with van der Waals surface area (Å²) in [6.45, 7) is 3.44. The Bertz CT molecular complexity index is 964. The molecular formula is C19H23N7O2. The van der Waals surface area contributed by atoms with Gasteiger partial charge in [0, 0.05) is 38.6 Å². The summed E-state index contributed by atoms with van der Waals surface area (Å²) in [5, 5.41) is 7.96. The van der Waals surface area contributed by atoms with Crippen molar-refractivity contribution in [3.05, 3.63) is 36.8 Å². The van der Waals surface area contributed by atoms with E-state index in [4.69, 9.17) is 4.74 Å². The number of nitrogens with zero attached hydrogens (tertiary/aromatic N) is 6. The lowest BCUT2D eigenvalue weighted by molar-refractivity contribution is -0.114. The second-order valence-corrected chi connectivity index (χ2v) is 6.75. The van der Waals surface area contributed by atoms with Gasteiger partial charge < -0.3 is 19.9 Å². The van der Waals surface area contributed by atoms with Crippen LogP contribution in [0, 0.1) is 0 Å². The van der Waals surface area contributed by atoms with Crippen LogP contribution in [0.2, 0.25) is 0 Å². The molecule has 0 spiro atoms. The van der Waals surface area contributed by atoms with Gasteiger partial charge in [-0.2, -0.15) is 5.10 Å². The summed E-state index contributed by atoms with van der Waals surface area (Å²) in [5.41, 5.74) is 2.64. The molecule has 3 aromatic rings. The maximum Gasteiger partial charge on any atom is 0.243 e. The Morgan fingerprint density at radius 2 is 1.96 bits per heavy atom. The number of hydrogen-bond donors (Lipinski definition) is 1.